The number of hydrogen-bond donors (Lipinski definition) is 0. The second kappa shape index (κ2) is 5.97. The van der Waals surface area contributed by atoms with Crippen molar-refractivity contribution < 1.29 is 4.79 Å². The number of rotatable bonds is 3. The van der Waals surface area contributed by atoms with Gasteiger partial charge in [0, 0.05) is 37.9 Å². The summed E-state index contributed by atoms with van der Waals surface area (Å²) >= 11 is 0. The summed E-state index contributed by atoms with van der Waals surface area (Å²) in [5, 5.41) is 8.78. The number of amides is 1. The molecule has 1 saturated heterocycles. The Hall–Kier alpha value is -2.17. The van der Waals surface area contributed by atoms with Crippen LogP contribution in [0.2, 0.25) is 0 Å². The van der Waals surface area contributed by atoms with Crippen molar-refractivity contribution >= 4 is 5.91 Å². The average molecular weight is 336 g/mol. The number of aromatic nitrogens is 3. The lowest BCUT2D eigenvalue weighted by Crippen LogP contribution is -2.39. The molecule has 0 bridgehead atoms. The first-order valence-electron chi connectivity index (χ1n) is 9.57. The number of fused-ring (bicyclic) bond motifs is 1. The van der Waals surface area contributed by atoms with Crippen LogP contribution in [0.4, 0.5) is 0 Å². The normalized spacial score (nSPS) is 25.8. The van der Waals surface area contributed by atoms with E-state index in [-0.39, 0.29) is 5.92 Å². The molecular formula is C20H24N4O. The fourth-order valence-electron chi connectivity index (χ4n) is 4.60. The zero-order valence-electron chi connectivity index (χ0n) is 14.5. The van der Waals surface area contributed by atoms with Crippen LogP contribution in [0.5, 0.6) is 0 Å². The van der Waals surface area contributed by atoms with E-state index < -0.39 is 0 Å². The lowest BCUT2D eigenvalue weighted by atomic mass is 9.95. The van der Waals surface area contributed by atoms with Crippen LogP contribution in [0.1, 0.15) is 54.7 Å². The zero-order chi connectivity index (χ0) is 16.8. The van der Waals surface area contributed by atoms with Gasteiger partial charge in [0.05, 0.1) is 0 Å². The molecule has 2 unspecified atom stereocenters. The van der Waals surface area contributed by atoms with Crippen LogP contribution >= 0.6 is 0 Å². The van der Waals surface area contributed by atoms with E-state index in [0.29, 0.717) is 17.7 Å². The molecule has 2 fully saturated rings. The van der Waals surface area contributed by atoms with Crippen molar-refractivity contribution in [3.63, 3.8) is 0 Å². The van der Waals surface area contributed by atoms with Gasteiger partial charge in [-0.3, -0.25) is 4.79 Å². The first-order valence-corrected chi connectivity index (χ1v) is 9.57. The first-order chi connectivity index (χ1) is 12.3. The van der Waals surface area contributed by atoms with Gasteiger partial charge in [0.1, 0.15) is 11.6 Å². The molecule has 5 rings (SSSR count). The van der Waals surface area contributed by atoms with E-state index in [2.05, 4.69) is 43.9 Å². The van der Waals surface area contributed by atoms with Crippen molar-refractivity contribution in [2.75, 3.05) is 13.1 Å². The maximum Gasteiger partial charge on any atom is 0.226 e. The van der Waals surface area contributed by atoms with Crippen molar-refractivity contribution in [1.29, 1.82) is 0 Å². The Kier molecular flexibility index (Phi) is 3.61. The fourth-order valence-corrected chi connectivity index (χ4v) is 4.60. The number of likely N-dealkylation sites (tertiary alicyclic amines) is 1. The second-order valence-corrected chi connectivity index (χ2v) is 7.69. The van der Waals surface area contributed by atoms with Crippen LogP contribution in [0.25, 0.3) is 0 Å². The number of carbonyl (C=O) groups excluding carboxylic acids is 1. The third-order valence-corrected chi connectivity index (χ3v) is 6.15. The van der Waals surface area contributed by atoms with Gasteiger partial charge in [0.2, 0.25) is 5.91 Å². The van der Waals surface area contributed by atoms with Gasteiger partial charge in [-0.25, -0.2) is 0 Å². The molecule has 3 heterocycles. The molecule has 5 nitrogen and oxygen atoms in total. The Morgan fingerprint density at radius 3 is 2.64 bits per heavy atom. The van der Waals surface area contributed by atoms with Crippen LogP contribution in [-0.2, 0) is 17.8 Å². The Morgan fingerprint density at radius 1 is 1.04 bits per heavy atom. The van der Waals surface area contributed by atoms with Gasteiger partial charge < -0.3 is 9.47 Å². The maximum absolute atomic E-state index is 12.8. The van der Waals surface area contributed by atoms with E-state index >= 15 is 0 Å². The molecule has 5 heteroatoms. The average Bonchev–Trinajstić information content (AvgIpc) is 3.15. The summed E-state index contributed by atoms with van der Waals surface area (Å²) in [7, 11) is 0. The van der Waals surface area contributed by atoms with Gasteiger partial charge in [-0.05, 0) is 37.2 Å². The summed E-state index contributed by atoms with van der Waals surface area (Å²) in [6.07, 6.45) is 5.31. The van der Waals surface area contributed by atoms with Crippen molar-refractivity contribution in [3.05, 3.63) is 47.5 Å². The molecule has 25 heavy (non-hydrogen) atoms. The van der Waals surface area contributed by atoms with Crippen molar-refractivity contribution in [2.45, 2.75) is 50.5 Å². The lowest BCUT2D eigenvalue weighted by Gasteiger charge is -2.32. The SMILES string of the molecule is O=C(C1CC1c1ccccc1)N1CCC(c2nnc3n2CCC3)CC1. The molecule has 1 saturated carbocycles. The summed E-state index contributed by atoms with van der Waals surface area (Å²) in [6, 6.07) is 10.5. The van der Waals surface area contributed by atoms with Crippen LogP contribution in [0, 0.1) is 5.92 Å². The van der Waals surface area contributed by atoms with Gasteiger partial charge >= 0.3 is 0 Å². The van der Waals surface area contributed by atoms with E-state index in [1.54, 1.807) is 0 Å². The minimum Gasteiger partial charge on any atom is -0.342 e. The van der Waals surface area contributed by atoms with Crippen molar-refractivity contribution in [3.8, 4) is 0 Å². The minimum atomic E-state index is 0.205. The molecule has 2 atom stereocenters. The standard InChI is InChI=1S/C20H24N4O/c25-20(17-13-16(17)14-5-2-1-3-6-14)23-11-8-15(9-12-23)19-22-21-18-7-4-10-24(18)19/h1-3,5-6,15-17H,4,7-13H2. The molecule has 1 aliphatic carbocycles. The quantitative estimate of drug-likeness (QED) is 0.866. The molecule has 0 radical (unpaired) electrons. The van der Waals surface area contributed by atoms with E-state index in [1.165, 1.54) is 12.0 Å². The largest absolute Gasteiger partial charge is 0.342 e. The highest BCUT2D eigenvalue weighted by Gasteiger charge is 2.46. The molecule has 2 aromatic rings. The topological polar surface area (TPSA) is 51.0 Å². The first kappa shape index (κ1) is 15.1. The maximum atomic E-state index is 12.8. The van der Waals surface area contributed by atoms with Crippen LogP contribution in [-0.4, -0.2) is 38.7 Å². The Labute approximate surface area is 148 Å². The van der Waals surface area contributed by atoms with E-state index in [0.717, 1.165) is 57.0 Å². The van der Waals surface area contributed by atoms with Gasteiger partial charge in [-0.1, -0.05) is 30.3 Å². The molecule has 3 aliphatic rings. The third kappa shape index (κ3) is 2.66. The van der Waals surface area contributed by atoms with E-state index in [1.807, 2.05) is 6.07 Å². The number of nitrogens with zero attached hydrogens (tertiary/aromatic N) is 4. The molecule has 1 amide bonds. The predicted molar refractivity (Wildman–Crippen MR) is 94.2 cm³/mol. The van der Waals surface area contributed by atoms with Gasteiger partial charge in [-0.2, -0.15) is 0 Å². The summed E-state index contributed by atoms with van der Waals surface area (Å²) < 4.78 is 2.31. The number of aryl methyl sites for hydroxylation is 1. The summed E-state index contributed by atoms with van der Waals surface area (Å²) in [5.41, 5.74) is 1.31. The Bertz CT molecular complexity index is 776. The molecular weight excluding hydrogens is 312 g/mol. The summed E-state index contributed by atoms with van der Waals surface area (Å²) in [5.74, 6) is 3.78. The minimum absolute atomic E-state index is 0.205. The van der Waals surface area contributed by atoms with Crippen molar-refractivity contribution in [2.24, 2.45) is 5.92 Å². The van der Waals surface area contributed by atoms with Crippen LogP contribution < -0.4 is 0 Å². The smallest absolute Gasteiger partial charge is 0.226 e. The molecule has 0 N–H and O–H groups in total. The monoisotopic (exact) mass is 336 g/mol. The second-order valence-electron chi connectivity index (χ2n) is 7.69. The van der Waals surface area contributed by atoms with Gasteiger partial charge in [0.15, 0.2) is 0 Å². The highest BCUT2D eigenvalue weighted by Crippen LogP contribution is 2.48. The molecule has 130 valence electrons. The lowest BCUT2D eigenvalue weighted by molar-refractivity contribution is -0.133. The third-order valence-electron chi connectivity index (χ3n) is 6.15. The Balaban J connectivity index is 1.20. The molecule has 1 aromatic heterocycles. The van der Waals surface area contributed by atoms with Crippen molar-refractivity contribution in [1.82, 2.24) is 19.7 Å². The molecule has 0 spiro atoms. The fraction of sp³-hybridized carbons (Fsp3) is 0.550. The number of hydrogen-bond acceptors (Lipinski definition) is 3. The van der Waals surface area contributed by atoms with E-state index in [9.17, 15) is 4.79 Å². The number of piperidine rings is 1. The number of carbonyl (C=O) groups is 1. The molecule has 1 aromatic carbocycles. The highest BCUT2D eigenvalue weighted by atomic mass is 16.2. The Morgan fingerprint density at radius 2 is 1.84 bits per heavy atom. The molecule has 2 aliphatic heterocycles. The van der Waals surface area contributed by atoms with E-state index in [4.69, 9.17) is 0 Å². The van der Waals surface area contributed by atoms with Gasteiger partial charge in [-0.15, -0.1) is 10.2 Å². The summed E-state index contributed by atoms with van der Waals surface area (Å²) in [6.45, 7) is 2.80. The number of benzene rings is 1. The summed E-state index contributed by atoms with van der Waals surface area (Å²) in [4.78, 5) is 14.9. The highest BCUT2D eigenvalue weighted by molar-refractivity contribution is 5.83. The van der Waals surface area contributed by atoms with Crippen LogP contribution in [0.3, 0.4) is 0 Å². The predicted octanol–water partition coefficient (Wildman–Crippen LogP) is 2.73. The zero-order valence-corrected chi connectivity index (χ0v) is 14.5. The van der Waals surface area contributed by atoms with Gasteiger partial charge in [0.25, 0.3) is 0 Å². The van der Waals surface area contributed by atoms with Crippen LogP contribution in [0.15, 0.2) is 30.3 Å².